The average molecular weight is 500 g/mol. The number of hydrogen-bond acceptors (Lipinski definition) is 7. The first kappa shape index (κ1) is 24.6. The third-order valence-corrected chi connectivity index (χ3v) is 7.78. The number of nitrogens with one attached hydrogen (secondary N) is 1. The van der Waals surface area contributed by atoms with Crippen molar-refractivity contribution in [3.05, 3.63) is 28.9 Å². The number of aromatic nitrogens is 3. The zero-order valence-corrected chi connectivity index (χ0v) is 21.4. The maximum atomic E-state index is 9.70. The number of fused-ring (bicyclic) bond motifs is 1. The van der Waals surface area contributed by atoms with E-state index in [1.165, 1.54) is 25.7 Å². The molecule has 1 aromatic carbocycles. The summed E-state index contributed by atoms with van der Waals surface area (Å²) in [6.07, 6.45) is 6.50. The van der Waals surface area contributed by atoms with E-state index in [1.54, 1.807) is 31.1 Å². The molecule has 7 nitrogen and oxygen atoms in total. The van der Waals surface area contributed by atoms with Crippen LogP contribution in [0.5, 0.6) is 11.5 Å². The average Bonchev–Trinajstić information content (AvgIpc) is 3.51. The second-order valence-electron chi connectivity index (χ2n) is 8.28. The molecule has 0 amide bonds. The quantitative estimate of drug-likeness (QED) is 0.347. The highest BCUT2D eigenvalue weighted by Crippen LogP contribution is 2.42. The van der Waals surface area contributed by atoms with Crippen molar-refractivity contribution < 1.29 is 9.47 Å². The van der Waals surface area contributed by atoms with Gasteiger partial charge < -0.3 is 19.4 Å². The highest BCUT2D eigenvalue weighted by atomic mass is 35.5. The van der Waals surface area contributed by atoms with Crippen molar-refractivity contribution >= 4 is 34.4 Å². The van der Waals surface area contributed by atoms with E-state index < -0.39 is 0 Å². The Bertz CT molecular complexity index is 1180. The molecule has 1 N–H and O–H groups in total. The van der Waals surface area contributed by atoms with Crippen molar-refractivity contribution in [3.63, 3.8) is 0 Å². The van der Waals surface area contributed by atoms with Gasteiger partial charge in [0.25, 0.3) is 0 Å². The van der Waals surface area contributed by atoms with E-state index in [1.807, 2.05) is 6.07 Å². The lowest BCUT2D eigenvalue weighted by molar-refractivity contribution is 0.217. The molecule has 1 aliphatic rings. The van der Waals surface area contributed by atoms with Gasteiger partial charge in [-0.05, 0) is 32.0 Å². The Balaban J connectivity index is 1.75. The van der Waals surface area contributed by atoms with Crippen molar-refractivity contribution in [3.8, 4) is 28.8 Å². The number of thioether (sulfide) groups is 1. The van der Waals surface area contributed by atoms with E-state index in [0.29, 0.717) is 61.4 Å². The highest BCUT2D eigenvalue weighted by Gasteiger charge is 2.23. The number of H-pyrrole nitrogens is 1. The third kappa shape index (κ3) is 5.27. The minimum absolute atomic E-state index is 0.481. The molecule has 0 saturated heterocycles. The first-order chi connectivity index (χ1) is 16.6. The van der Waals surface area contributed by atoms with E-state index in [9.17, 15) is 5.26 Å². The number of aromatic amines is 1. The summed E-state index contributed by atoms with van der Waals surface area (Å²) in [5, 5.41) is 12.1. The van der Waals surface area contributed by atoms with E-state index in [4.69, 9.17) is 31.0 Å². The summed E-state index contributed by atoms with van der Waals surface area (Å²) in [6, 6.07) is 5.86. The number of ether oxygens (including phenoxy) is 2. The number of rotatable bonds is 10. The van der Waals surface area contributed by atoms with Crippen molar-refractivity contribution in [1.82, 2.24) is 19.9 Å². The molecule has 0 bridgehead atoms. The SMILES string of the molecule is CCN(CC)CCOc1cc(-c2nc(SC3CCCC3)nc3[nH]cc(C#N)c23)c(Cl)cc1OC. The van der Waals surface area contributed by atoms with Gasteiger partial charge in [0.2, 0.25) is 0 Å². The van der Waals surface area contributed by atoms with Gasteiger partial charge in [0, 0.05) is 29.6 Å². The predicted octanol–water partition coefficient (Wildman–Crippen LogP) is 5.91. The highest BCUT2D eigenvalue weighted by molar-refractivity contribution is 7.99. The molecule has 3 aromatic rings. The fourth-order valence-electron chi connectivity index (χ4n) is 4.32. The van der Waals surface area contributed by atoms with E-state index in [2.05, 4.69) is 29.8 Å². The fourth-order valence-corrected chi connectivity index (χ4v) is 5.72. The number of benzene rings is 1. The van der Waals surface area contributed by atoms with Crippen LogP contribution in [-0.4, -0.2) is 58.5 Å². The minimum atomic E-state index is 0.481. The lowest BCUT2D eigenvalue weighted by atomic mass is 10.1. The van der Waals surface area contributed by atoms with Crippen LogP contribution >= 0.6 is 23.4 Å². The molecule has 0 aliphatic heterocycles. The summed E-state index contributed by atoms with van der Waals surface area (Å²) in [7, 11) is 1.60. The Hall–Kier alpha value is -2.47. The largest absolute Gasteiger partial charge is 0.493 e. The smallest absolute Gasteiger partial charge is 0.190 e. The Morgan fingerprint density at radius 2 is 1.97 bits per heavy atom. The van der Waals surface area contributed by atoms with Gasteiger partial charge >= 0.3 is 0 Å². The maximum absolute atomic E-state index is 9.70. The van der Waals surface area contributed by atoms with Crippen molar-refractivity contribution in [1.29, 1.82) is 5.26 Å². The van der Waals surface area contributed by atoms with Crippen LogP contribution in [0.3, 0.4) is 0 Å². The summed E-state index contributed by atoms with van der Waals surface area (Å²) in [6.45, 7) is 7.53. The Kier molecular flexibility index (Phi) is 8.19. The second kappa shape index (κ2) is 11.3. The molecule has 1 fully saturated rings. The molecule has 180 valence electrons. The van der Waals surface area contributed by atoms with Gasteiger partial charge in [0.15, 0.2) is 16.7 Å². The maximum Gasteiger partial charge on any atom is 0.190 e. The minimum Gasteiger partial charge on any atom is -0.493 e. The van der Waals surface area contributed by atoms with Crippen molar-refractivity contribution in [2.75, 3.05) is 33.4 Å². The number of hydrogen-bond donors (Lipinski definition) is 1. The molecular weight excluding hydrogens is 470 g/mol. The zero-order valence-electron chi connectivity index (χ0n) is 19.9. The van der Waals surface area contributed by atoms with Crippen LogP contribution in [0.25, 0.3) is 22.3 Å². The normalized spacial score (nSPS) is 14.1. The van der Waals surface area contributed by atoms with E-state index in [0.717, 1.165) is 19.6 Å². The Labute approximate surface area is 209 Å². The molecule has 0 radical (unpaired) electrons. The topological polar surface area (TPSA) is 87.1 Å². The molecule has 1 saturated carbocycles. The molecular formula is C25H30ClN5O2S. The standard InChI is InChI=1S/C25H30ClN5O2S/c1-4-31(5-2)10-11-33-21-12-18(19(26)13-20(21)32-3)23-22-16(14-27)15-28-24(22)30-25(29-23)34-17-8-6-7-9-17/h12-13,15,17H,4-11H2,1-3H3,(H,28,29,30). The zero-order chi connectivity index (χ0) is 24.1. The monoisotopic (exact) mass is 499 g/mol. The number of nitriles is 1. The van der Waals surface area contributed by atoms with E-state index >= 15 is 0 Å². The van der Waals surface area contributed by atoms with Gasteiger partial charge in [-0.25, -0.2) is 9.97 Å². The first-order valence-electron chi connectivity index (χ1n) is 11.8. The molecule has 0 spiro atoms. The number of nitrogens with zero attached hydrogens (tertiary/aromatic N) is 4. The number of likely N-dealkylation sites (N-methyl/N-ethyl adjacent to an activating group) is 1. The van der Waals surface area contributed by atoms with Crippen molar-refractivity contribution in [2.45, 2.75) is 49.9 Å². The van der Waals surface area contributed by atoms with Gasteiger partial charge in [0.1, 0.15) is 18.3 Å². The lowest BCUT2D eigenvalue weighted by Crippen LogP contribution is -2.27. The fraction of sp³-hybridized carbons (Fsp3) is 0.480. The number of halogens is 1. The summed E-state index contributed by atoms with van der Waals surface area (Å²) in [4.78, 5) is 15.0. The molecule has 1 aliphatic carbocycles. The second-order valence-corrected chi connectivity index (χ2v) is 9.95. The summed E-state index contributed by atoms with van der Waals surface area (Å²) in [5.41, 5.74) is 2.44. The van der Waals surface area contributed by atoms with Gasteiger partial charge in [-0.2, -0.15) is 5.26 Å². The Morgan fingerprint density at radius 3 is 2.65 bits per heavy atom. The lowest BCUT2D eigenvalue weighted by Gasteiger charge is -2.19. The first-order valence-corrected chi connectivity index (χ1v) is 13.0. The van der Waals surface area contributed by atoms with Crippen LogP contribution in [0.15, 0.2) is 23.5 Å². The summed E-state index contributed by atoms with van der Waals surface area (Å²) >= 11 is 8.43. The molecule has 0 atom stereocenters. The van der Waals surface area contributed by atoms with Crippen molar-refractivity contribution in [2.24, 2.45) is 0 Å². The van der Waals surface area contributed by atoms with E-state index in [-0.39, 0.29) is 0 Å². The molecule has 2 aromatic heterocycles. The number of methoxy groups -OCH3 is 1. The van der Waals surface area contributed by atoms with Crippen LogP contribution in [0.1, 0.15) is 45.1 Å². The van der Waals surface area contributed by atoms with Gasteiger partial charge in [-0.3, -0.25) is 0 Å². The molecule has 9 heteroatoms. The van der Waals surface area contributed by atoms with Crippen LogP contribution in [0, 0.1) is 11.3 Å². The van der Waals surface area contributed by atoms with Crippen LogP contribution in [0.4, 0.5) is 0 Å². The van der Waals surface area contributed by atoms with Gasteiger partial charge in [0.05, 0.1) is 28.8 Å². The predicted molar refractivity (Wildman–Crippen MR) is 137 cm³/mol. The summed E-state index contributed by atoms with van der Waals surface area (Å²) < 4.78 is 11.7. The molecule has 0 unspecified atom stereocenters. The summed E-state index contributed by atoms with van der Waals surface area (Å²) in [5.74, 6) is 1.16. The third-order valence-electron chi connectivity index (χ3n) is 6.27. The van der Waals surface area contributed by atoms with Gasteiger partial charge in [-0.1, -0.05) is 50.1 Å². The molecule has 4 rings (SSSR count). The Morgan fingerprint density at radius 1 is 1.21 bits per heavy atom. The molecule has 34 heavy (non-hydrogen) atoms. The van der Waals surface area contributed by atoms with Crippen LogP contribution < -0.4 is 9.47 Å². The van der Waals surface area contributed by atoms with Crippen LogP contribution in [-0.2, 0) is 0 Å². The van der Waals surface area contributed by atoms with Crippen LogP contribution in [0.2, 0.25) is 5.02 Å². The molecule has 2 heterocycles. The van der Waals surface area contributed by atoms with Gasteiger partial charge in [-0.15, -0.1) is 0 Å².